The molecule has 0 bridgehead atoms. The topological polar surface area (TPSA) is 100 Å². The lowest BCUT2D eigenvalue weighted by Gasteiger charge is -2.38. The molecule has 0 aromatic carbocycles. The van der Waals surface area contributed by atoms with Gasteiger partial charge >= 0.3 is 0 Å². The Labute approximate surface area is 163 Å². The minimum absolute atomic E-state index is 0.143. The van der Waals surface area contributed by atoms with E-state index < -0.39 is 17.3 Å². The Hall–Kier alpha value is -3.25. The predicted octanol–water partition coefficient (Wildman–Crippen LogP) is 1.97. The van der Waals surface area contributed by atoms with Crippen molar-refractivity contribution >= 4 is 34.2 Å². The summed E-state index contributed by atoms with van der Waals surface area (Å²) in [5, 5.41) is 9.25. The summed E-state index contributed by atoms with van der Waals surface area (Å²) in [7, 11) is 3.40. The number of halogens is 1. The van der Waals surface area contributed by atoms with Crippen molar-refractivity contribution in [3.8, 4) is 6.07 Å². The van der Waals surface area contributed by atoms with E-state index in [-0.39, 0.29) is 11.9 Å². The van der Waals surface area contributed by atoms with E-state index in [0.29, 0.717) is 22.3 Å². The number of aliphatic imine (C=N–C) groups is 1. The maximum absolute atomic E-state index is 13.8. The molecule has 0 spiro atoms. The third-order valence-corrected chi connectivity index (χ3v) is 6.88. The van der Waals surface area contributed by atoms with Crippen molar-refractivity contribution in [3.63, 3.8) is 0 Å². The highest BCUT2D eigenvalue weighted by Crippen LogP contribution is 2.55. The first-order valence-corrected chi connectivity index (χ1v) is 9.45. The maximum Gasteiger partial charge on any atom is 0.240 e. The van der Waals surface area contributed by atoms with Gasteiger partial charge in [-0.15, -0.1) is 11.3 Å². The number of nitriles is 1. The molecule has 0 saturated carbocycles. The van der Waals surface area contributed by atoms with Crippen LogP contribution in [0.2, 0.25) is 0 Å². The molecule has 1 aliphatic heterocycles. The average Bonchev–Trinajstić information content (AvgIpc) is 3.34. The highest BCUT2D eigenvalue weighted by atomic mass is 32.1. The van der Waals surface area contributed by atoms with Gasteiger partial charge in [0.2, 0.25) is 5.91 Å². The summed E-state index contributed by atoms with van der Waals surface area (Å²) in [4.78, 5) is 25.1. The number of rotatable bonds is 1. The molecular weight excluding hydrogens is 379 g/mol. The number of hydrogen-bond donors (Lipinski definition) is 1. The van der Waals surface area contributed by atoms with E-state index in [1.807, 2.05) is 17.7 Å². The molecule has 4 heterocycles. The van der Waals surface area contributed by atoms with Crippen molar-refractivity contribution in [2.24, 2.45) is 17.8 Å². The summed E-state index contributed by atoms with van der Waals surface area (Å²) < 4.78 is 15.6. The van der Waals surface area contributed by atoms with Crippen molar-refractivity contribution in [1.29, 1.82) is 5.26 Å². The largest absolute Gasteiger partial charge is 0.369 e. The van der Waals surface area contributed by atoms with E-state index in [2.05, 4.69) is 11.1 Å². The SMILES string of the molecule is CN1C(=O)C2c3c(c4ncc(F)cc4n3C)CC2(c2ccc(C#N)s2)N=C1N. The number of guanidine groups is 1. The Morgan fingerprint density at radius 1 is 1.43 bits per heavy atom. The number of aryl methyl sites for hydroxylation is 1. The highest BCUT2D eigenvalue weighted by molar-refractivity contribution is 7.12. The zero-order valence-electron chi connectivity index (χ0n) is 15.1. The maximum atomic E-state index is 13.8. The first kappa shape index (κ1) is 16.9. The van der Waals surface area contributed by atoms with Gasteiger partial charge in [0.1, 0.15) is 28.2 Å². The molecule has 0 saturated heterocycles. The number of nitrogens with two attached hydrogens (primary N) is 1. The van der Waals surface area contributed by atoms with Crippen molar-refractivity contribution in [2.45, 2.75) is 17.9 Å². The smallest absolute Gasteiger partial charge is 0.240 e. The Morgan fingerprint density at radius 2 is 2.21 bits per heavy atom. The Kier molecular flexibility index (Phi) is 3.25. The van der Waals surface area contributed by atoms with Crippen LogP contribution in [0.4, 0.5) is 4.39 Å². The lowest BCUT2D eigenvalue weighted by atomic mass is 9.82. The lowest BCUT2D eigenvalue weighted by Crippen LogP contribution is -2.52. The molecule has 140 valence electrons. The van der Waals surface area contributed by atoms with Crippen LogP contribution in [0.3, 0.4) is 0 Å². The summed E-state index contributed by atoms with van der Waals surface area (Å²) in [5.41, 5.74) is 8.11. The number of likely N-dealkylation sites (N-methyl/N-ethyl adjacent to an activating group) is 1. The van der Waals surface area contributed by atoms with Crippen LogP contribution >= 0.6 is 11.3 Å². The van der Waals surface area contributed by atoms with Gasteiger partial charge < -0.3 is 10.3 Å². The fourth-order valence-electron chi connectivity index (χ4n) is 4.44. The molecule has 7 nitrogen and oxygen atoms in total. The third kappa shape index (κ3) is 1.93. The van der Waals surface area contributed by atoms with Crippen LogP contribution in [0.1, 0.15) is 26.9 Å². The van der Waals surface area contributed by atoms with Gasteiger partial charge in [0.05, 0.1) is 17.2 Å². The zero-order valence-corrected chi connectivity index (χ0v) is 15.9. The molecular formula is C19H15FN6OS. The molecule has 2 atom stereocenters. The number of thiophene rings is 1. The van der Waals surface area contributed by atoms with Crippen molar-refractivity contribution in [2.75, 3.05) is 7.05 Å². The van der Waals surface area contributed by atoms with Crippen LogP contribution in [0.5, 0.6) is 0 Å². The first-order valence-electron chi connectivity index (χ1n) is 8.63. The molecule has 0 fully saturated rings. The van der Waals surface area contributed by atoms with E-state index in [1.165, 1.54) is 28.5 Å². The Bertz CT molecular complexity index is 1250. The van der Waals surface area contributed by atoms with Crippen LogP contribution in [0.25, 0.3) is 11.0 Å². The molecule has 0 radical (unpaired) electrons. The van der Waals surface area contributed by atoms with Crippen LogP contribution < -0.4 is 5.73 Å². The normalized spacial score (nSPS) is 23.5. The van der Waals surface area contributed by atoms with Gasteiger partial charge in [0, 0.05) is 42.7 Å². The van der Waals surface area contributed by atoms with Gasteiger partial charge in [0.25, 0.3) is 0 Å². The van der Waals surface area contributed by atoms with Crippen molar-refractivity contribution < 1.29 is 9.18 Å². The number of fused-ring (bicyclic) bond motifs is 5. The Balaban J connectivity index is 1.83. The molecule has 2 unspecified atom stereocenters. The lowest BCUT2D eigenvalue weighted by molar-refractivity contribution is -0.130. The molecule has 2 N–H and O–H groups in total. The van der Waals surface area contributed by atoms with Crippen LogP contribution in [-0.2, 0) is 23.8 Å². The minimum atomic E-state index is -0.917. The van der Waals surface area contributed by atoms with E-state index >= 15 is 0 Å². The summed E-state index contributed by atoms with van der Waals surface area (Å²) >= 11 is 1.32. The molecule has 5 rings (SSSR count). The van der Waals surface area contributed by atoms with E-state index in [9.17, 15) is 14.4 Å². The number of carbonyl (C=O) groups is 1. The van der Waals surface area contributed by atoms with Crippen LogP contribution in [0, 0.1) is 17.1 Å². The van der Waals surface area contributed by atoms with Crippen molar-refractivity contribution in [3.05, 3.63) is 51.2 Å². The molecule has 3 aromatic rings. The molecule has 9 heteroatoms. The van der Waals surface area contributed by atoms with Gasteiger partial charge in [-0.25, -0.2) is 9.38 Å². The summed E-state index contributed by atoms with van der Waals surface area (Å²) in [6, 6.07) is 7.14. The van der Waals surface area contributed by atoms with Gasteiger partial charge in [-0.1, -0.05) is 0 Å². The van der Waals surface area contributed by atoms with E-state index in [1.54, 1.807) is 13.1 Å². The Morgan fingerprint density at radius 3 is 2.93 bits per heavy atom. The van der Waals surface area contributed by atoms with Crippen LogP contribution in [0.15, 0.2) is 29.4 Å². The average molecular weight is 394 g/mol. The fraction of sp³-hybridized carbons (Fsp3) is 0.263. The van der Waals surface area contributed by atoms with E-state index in [4.69, 9.17) is 10.7 Å². The second-order valence-electron chi connectivity index (χ2n) is 7.12. The van der Waals surface area contributed by atoms with Gasteiger partial charge in [0.15, 0.2) is 5.96 Å². The predicted molar refractivity (Wildman–Crippen MR) is 102 cm³/mol. The second kappa shape index (κ2) is 5.39. The molecule has 2 aliphatic rings. The summed E-state index contributed by atoms with van der Waals surface area (Å²) in [6.45, 7) is 0. The fourth-order valence-corrected chi connectivity index (χ4v) is 5.40. The number of amides is 1. The molecule has 1 amide bonds. The third-order valence-electron chi connectivity index (χ3n) is 5.73. The van der Waals surface area contributed by atoms with Gasteiger partial charge in [-0.2, -0.15) is 5.26 Å². The highest BCUT2D eigenvalue weighted by Gasteiger charge is 2.58. The first-order chi connectivity index (χ1) is 13.4. The second-order valence-corrected chi connectivity index (χ2v) is 8.20. The van der Waals surface area contributed by atoms with E-state index in [0.717, 1.165) is 16.1 Å². The molecule has 28 heavy (non-hydrogen) atoms. The number of pyridine rings is 1. The number of hydrogen-bond acceptors (Lipinski definition) is 6. The number of aromatic nitrogens is 2. The quantitative estimate of drug-likeness (QED) is 0.682. The zero-order chi connectivity index (χ0) is 19.8. The molecule has 1 aliphatic carbocycles. The monoisotopic (exact) mass is 394 g/mol. The summed E-state index contributed by atoms with van der Waals surface area (Å²) in [5.74, 6) is -1.08. The molecule has 3 aromatic heterocycles. The minimum Gasteiger partial charge on any atom is -0.369 e. The van der Waals surface area contributed by atoms with Gasteiger partial charge in [-0.05, 0) is 12.1 Å². The van der Waals surface area contributed by atoms with Crippen LogP contribution in [-0.4, -0.2) is 33.4 Å². The van der Waals surface area contributed by atoms with Crippen molar-refractivity contribution in [1.82, 2.24) is 14.5 Å². The summed E-state index contributed by atoms with van der Waals surface area (Å²) in [6.07, 6.45) is 1.59. The standard InChI is InChI=1S/C19H15FN6OS/c1-25-12-5-9(20)8-23-15(12)11-6-19(13-4-3-10(7-21)28-13)14(16(11)25)17(27)26(2)18(22)24-19/h3-5,8,14H,6H2,1-2H3,(H2,22,24). The van der Waals surface area contributed by atoms with Gasteiger partial charge in [-0.3, -0.25) is 14.7 Å². The number of carbonyl (C=O) groups excluding carboxylic acids is 1. The number of nitrogens with zero attached hydrogens (tertiary/aromatic N) is 5.